The summed E-state index contributed by atoms with van der Waals surface area (Å²) in [5, 5.41) is 10.8. The summed E-state index contributed by atoms with van der Waals surface area (Å²) in [5.41, 5.74) is -0.943. The van der Waals surface area contributed by atoms with Crippen molar-refractivity contribution in [2.75, 3.05) is 22.5 Å². The Hall–Kier alpha value is -4.55. The molecule has 13 heteroatoms. The lowest BCUT2D eigenvalue weighted by molar-refractivity contribution is -0.138. The second-order valence-electron chi connectivity index (χ2n) is 9.90. The molecule has 3 aromatic rings. The number of amides is 3. The van der Waals surface area contributed by atoms with Crippen molar-refractivity contribution in [3.05, 3.63) is 66.0 Å². The number of ether oxygens (including phenoxy) is 2. The minimum absolute atomic E-state index is 0.0125. The Morgan fingerprint density at radius 3 is 2.25 bits per heavy atom. The predicted molar refractivity (Wildman–Crippen MR) is 145 cm³/mol. The maximum absolute atomic E-state index is 13.1. The van der Waals surface area contributed by atoms with E-state index in [0.29, 0.717) is 23.8 Å². The lowest BCUT2D eigenvalue weighted by atomic mass is 10.1. The number of hydrogen-bond acceptors (Lipinski definition) is 7. The van der Waals surface area contributed by atoms with E-state index in [2.05, 4.69) is 31.2 Å². The second-order valence-corrected chi connectivity index (χ2v) is 9.90. The number of aromatic nitrogens is 2. The van der Waals surface area contributed by atoms with Crippen LogP contribution in [0.5, 0.6) is 11.6 Å². The van der Waals surface area contributed by atoms with Crippen molar-refractivity contribution in [3.63, 3.8) is 0 Å². The van der Waals surface area contributed by atoms with Crippen molar-refractivity contribution < 1.29 is 32.2 Å². The van der Waals surface area contributed by atoms with Gasteiger partial charge in [0.2, 0.25) is 5.88 Å². The van der Waals surface area contributed by atoms with E-state index < -0.39 is 29.5 Å². The molecule has 10 nitrogen and oxygen atoms in total. The largest absolute Gasteiger partial charge is 0.444 e. The van der Waals surface area contributed by atoms with Gasteiger partial charge < -0.3 is 30.7 Å². The minimum atomic E-state index is -4.52. The van der Waals surface area contributed by atoms with Crippen LogP contribution in [0.25, 0.3) is 0 Å². The van der Waals surface area contributed by atoms with Crippen molar-refractivity contribution in [1.82, 2.24) is 15.3 Å². The van der Waals surface area contributed by atoms with Gasteiger partial charge in [-0.15, -0.1) is 0 Å². The third kappa shape index (κ3) is 9.64. The van der Waals surface area contributed by atoms with Gasteiger partial charge in [-0.2, -0.15) is 13.2 Å². The maximum atomic E-state index is 13.1. The van der Waals surface area contributed by atoms with Crippen LogP contribution < -0.4 is 26.0 Å². The molecule has 0 spiro atoms. The van der Waals surface area contributed by atoms with E-state index in [-0.39, 0.29) is 23.2 Å². The van der Waals surface area contributed by atoms with E-state index in [1.54, 1.807) is 51.1 Å². The number of carbonyl (C=O) groups is 2. The van der Waals surface area contributed by atoms with Gasteiger partial charge >= 0.3 is 18.3 Å². The van der Waals surface area contributed by atoms with Crippen LogP contribution in [0.1, 0.15) is 38.8 Å². The van der Waals surface area contributed by atoms with Gasteiger partial charge in [-0.05, 0) is 76.6 Å². The molecule has 214 valence electrons. The van der Waals surface area contributed by atoms with Gasteiger partial charge in [0.15, 0.2) is 0 Å². The number of hydrogen-bond donors (Lipinski definition) is 4. The monoisotopic (exact) mass is 560 g/mol. The van der Waals surface area contributed by atoms with Crippen molar-refractivity contribution in [1.29, 1.82) is 0 Å². The molecule has 0 aliphatic rings. The predicted octanol–water partition coefficient (Wildman–Crippen LogP) is 6.57. The molecule has 0 unspecified atom stereocenters. The fraction of sp³-hybridized carbons (Fsp3) is 0.333. The average Bonchev–Trinajstić information content (AvgIpc) is 2.84. The summed E-state index contributed by atoms with van der Waals surface area (Å²) in [6, 6.07) is 10.6. The summed E-state index contributed by atoms with van der Waals surface area (Å²) in [6.45, 7) is 8.84. The molecule has 4 N–H and O–H groups in total. The average molecular weight is 561 g/mol. The topological polar surface area (TPSA) is 127 Å². The zero-order valence-corrected chi connectivity index (χ0v) is 22.6. The Labute approximate surface area is 229 Å². The first kappa shape index (κ1) is 30.0. The number of carbonyl (C=O) groups excluding carboxylic acids is 2. The summed E-state index contributed by atoms with van der Waals surface area (Å²) in [7, 11) is 0. The fourth-order valence-corrected chi connectivity index (χ4v) is 3.35. The summed E-state index contributed by atoms with van der Waals surface area (Å²) in [6.07, 6.45) is -3.72. The van der Waals surface area contributed by atoms with E-state index in [1.807, 2.05) is 6.92 Å². The number of nitrogens with one attached hydrogen (secondary N) is 4. The van der Waals surface area contributed by atoms with Crippen molar-refractivity contribution >= 4 is 29.3 Å². The van der Waals surface area contributed by atoms with Crippen molar-refractivity contribution in [3.8, 4) is 11.6 Å². The summed E-state index contributed by atoms with van der Waals surface area (Å²) < 4.78 is 50.3. The smallest absolute Gasteiger partial charge is 0.416 e. The number of alkyl carbamates (subject to hydrolysis) is 1. The highest BCUT2D eigenvalue weighted by Gasteiger charge is 2.32. The van der Waals surface area contributed by atoms with Gasteiger partial charge in [0.25, 0.3) is 0 Å². The molecule has 2 aromatic carbocycles. The second kappa shape index (κ2) is 12.5. The third-order valence-electron chi connectivity index (χ3n) is 5.12. The summed E-state index contributed by atoms with van der Waals surface area (Å²) in [4.78, 5) is 32.3. The molecule has 0 fully saturated rings. The Kier molecular flexibility index (Phi) is 9.40. The first-order chi connectivity index (χ1) is 18.7. The molecule has 1 atom stereocenters. The van der Waals surface area contributed by atoms with E-state index in [4.69, 9.17) is 9.47 Å². The lowest BCUT2D eigenvalue weighted by Gasteiger charge is -2.21. The summed E-state index contributed by atoms with van der Waals surface area (Å²) in [5.74, 6) is 1.15. The molecule has 0 saturated carbocycles. The highest BCUT2D eigenvalue weighted by Crippen LogP contribution is 2.33. The first-order valence-electron chi connectivity index (χ1n) is 12.3. The molecule has 0 aliphatic carbocycles. The molecular formula is C27H31F3N6O4. The van der Waals surface area contributed by atoms with Gasteiger partial charge in [0.1, 0.15) is 23.5 Å². The van der Waals surface area contributed by atoms with Crippen molar-refractivity contribution in [2.24, 2.45) is 0 Å². The highest BCUT2D eigenvalue weighted by atomic mass is 19.4. The SMILES string of the molecule is Cc1ccc(NC(=O)Nc2ccc(Oc3cc(N[C@H](C)CNC(=O)OC(C)(C)C)ncn3)cc2)cc1C(F)(F)F. The van der Waals surface area contributed by atoms with Gasteiger partial charge in [-0.3, -0.25) is 0 Å². The number of alkyl halides is 3. The minimum Gasteiger partial charge on any atom is -0.444 e. The van der Waals surface area contributed by atoms with Crippen LogP contribution in [0.3, 0.4) is 0 Å². The van der Waals surface area contributed by atoms with Gasteiger partial charge in [-0.25, -0.2) is 19.6 Å². The quantitative estimate of drug-likeness (QED) is 0.246. The number of urea groups is 1. The normalized spacial score (nSPS) is 12.2. The zero-order chi connectivity index (χ0) is 29.5. The van der Waals surface area contributed by atoms with Crippen molar-refractivity contribution in [2.45, 2.75) is 52.4 Å². The molecule has 0 saturated heterocycles. The summed E-state index contributed by atoms with van der Waals surface area (Å²) >= 11 is 0. The van der Waals surface area contributed by atoms with Crippen LogP contribution in [-0.4, -0.2) is 40.3 Å². The van der Waals surface area contributed by atoms with Crippen LogP contribution in [-0.2, 0) is 10.9 Å². The third-order valence-corrected chi connectivity index (χ3v) is 5.12. The number of anilines is 3. The fourth-order valence-electron chi connectivity index (χ4n) is 3.35. The van der Waals surface area contributed by atoms with Crippen LogP contribution in [0.15, 0.2) is 54.9 Å². The molecular weight excluding hydrogens is 529 g/mol. The van der Waals surface area contributed by atoms with Gasteiger partial charge in [0.05, 0.1) is 5.56 Å². The van der Waals surface area contributed by atoms with Gasteiger partial charge in [-0.1, -0.05) is 6.07 Å². The van der Waals surface area contributed by atoms with Gasteiger partial charge in [0, 0.05) is 30.0 Å². The Morgan fingerprint density at radius 1 is 0.950 bits per heavy atom. The molecule has 0 radical (unpaired) electrons. The van der Waals surface area contributed by atoms with Crippen LogP contribution >= 0.6 is 0 Å². The number of rotatable bonds is 8. The van der Waals surface area contributed by atoms with E-state index in [0.717, 1.165) is 6.07 Å². The number of aryl methyl sites for hydroxylation is 1. The Bertz CT molecular complexity index is 1330. The molecule has 3 rings (SSSR count). The standard InChI is InChI=1S/C27H31F3N6O4/c1-16-6-7-19(12-21(16)27(28,29)30)36-24(37)35-18-8-10-20(11-9-18)39-23-13-22(32-15-33-23)34-17(2)14-31-25(38)40-26(3,4)5/h6-13,15,17H,14H2,1-5H3,(H,31,38)(H,32,33,34)(H2,35,36,37)/t17-/m1/s1. The molecule has 0 aliphatic heterocycles. The number of nitrogens with zero attached hydrogens (tertiary/aromatic N) is 2. The van der Waals surface area contributed by atoms with E-state index in [1.165, 1.54) is 25.4 Å². The Balaban J connectivity index is 1.52. The molecule has 1 heterocycles. The zero-order valence-electron chi connectivity index (χ0n) is 22.6. The molecule has 40 heavy (non-hydrogen) atoms. The van der Waals surface area contributed by atoms with Crippen LogP contribution in [0.2, 0.25) is 0 Å². The Morgan fingerprint density at radius 2 is 1.60 bits per heavy atom. The van der Waals surface area contributed by atoms with E-state index >= 15 is 0 Å². The van der Waals surface area contributed by atoms with Crippen LogP contribution in [0.4, 0.5) is 40.0 Å². The molecule has 1 aromatic heterocycles. The lowest BCUT2D eigenvalue weighted by Crippen LogP contribution is -2.38. The van der Waals surface area contributed by atoms with Crippen LogP contribution in [0, 0.1) is 6.92 Å². The number of halogens is 3. The number of benzene rings is 2. The highest BCUT2D eigenvalue weighted by molar-refractivity contribution is 5.99. The molecule has 3 amide bonds. The first-order valence-corrected chi connectivity index (χ1v) is 12.3. The van der Waals surface area contributed by atoms with E-state index in [9.17, 15) is 22.8 Å². The maximum Gasteiger partial charge on any atom is 0.416 e. The molecule has 0 bridgehead atoms.